The van der Waals surface area contributed by atoms with Crippen molar-refractivity contribution in [2.45, 2.75) is 51.7 Å². The minimum atomic E-state index is -0.638. The van der Waals surface area contributed by atoms with E-state index in [4.69, 9.17) is 0 Å². The molecule has 1 aliphatic carbocycles. The number of fused-ring (bicyclic) bond motifs is 1. The van der Waals surface area contributed by atoms with Crippen molar-refractivity contribution >= 4 is 28.3 Å². The average molecular weight is 388 g/mol. The number of anilines is 1. The first-order valence-electron chi connectivity index (χ1n) is 9.10. The smallest absolute Gasteiger partial charge is 0.226 e. The monoisotopic (exact) mass is 388 g/mol. The first kappa shape index (κ1) is 19.4. The zero-order valence-corrected chi connectivity index (χ0v) is 16.3. The lowest BCUT2D eigenvalue weighted by atomic mass is 10.1. The van der Waals surface area contributed by atoms with Crippen LogP contribution in [-0.4, -0.2) is 33.2 Å². The zero-order valence-electron chi connectivity index (χ0n) is 15.4. The number of aliphatic hydroxyl groups excluding tert-OH is 1. The molecule has 2 aromatic rings. The van der Waals surface area contributed by atoms with E-state index in [0.717, 1.165) is 22.6 Å². The Morgan fingerprint density at radius 2 is 1.96 bits per heavy atom. The maximum atomic E-state index is 12.2. The molecular weight excluding hydrogens is 364 g/mol. The Morgan fingerprint density at radius 1 is 1.22 bits per heavy atom. The number of hydrogen-bond donors (Lipinski definition) is 3. The first-order chi connectivity index (χ1) is 12.9. The van der Waals surface area contributed by atoms with Crippen molar-refractivity contribution in [1.82, 2.24) is 15.5 Å². The SMILES string of the molecule is CC(C)Cc1nnc(NC(=O)CCC(=O)NC2c3ccccc3CC2O)s1. The van der Waals surface area contributed by atoms with E-state index >= 15 is 0 Å². The lowest BCUT2D eigenvalue weighted by molar-refractivity contribution is -0.125. The predicted molar refractivity (Wildman–Crippen MR) is 103 cm³/mol. The topological polar surface area (TPSA) is 104 Å². The molecule has 3 rings (SSSR count). The van der Waals surface area contributed by atoms with Crippen molar-refractivity contribution in [3.63, 3.8) is 0 Å². The second-order valence-corrected chi connectivity index (χ2v) is 8.22. The fourth-order valence-corrected chi connectivity index (χ4v) is 4.11. The zero-order chi connectivity index (χ0) is 19.4. The summed E-state index contributed by atoms with van der Waals surface area (Å²) in [7, 11) is 0. The molecule has 0 aliphatic heterocycles. The van der Waals surface area contributed by atoms with Crippen molar-refractivity contribution in [2.75, 3.05) is 5.32 Å². The second-order valence-electron chi connectivity index (χ2n) is 7.16. The molecule has 0 saturated carbocycles. The number of nitrogens with one attached hydrogen (secondary N) is 2. The fraction of sp³-hybridized carbons (Fsp3) is 0.474. The Balaban J connectivity index is 1.46. The van der Waals surface area contributed by atoms with Gasteiger partial charge in [0.15, 0.2) is 0 Å². The summed E-state index contributed by atoms with van der Waals surface area (Å²) in [5.41, 5.74) is 1.98. The van der Waals surface area contributed by atoms with Crippen LogP contribution in [0, 0.1) is 5.92 Å². The van der Waals surface area contributed by atoms with Crippen LogP contribution in [0.2, 0.25) is 0 Å². The summed E-state index contributed by atoms with van der Waals surface area (Å²) >= 11 is 1.35. The number of aliphatic hydroxyl groups is 1. The first-order valence-corrected chi connectivity index (χ1v) is 9.91. The molecule has 0 radical (unpaired) electrons. The number of carbonyl (C=O) groups excluding carboxylic acids is 2. The maximum Gasteiger partial charge on any atom is 0.226 e. The largest absolute Gasteiger partial charge is 0.390 e. The van der Waals surface area contributed by atoms with E-state index in [1.54, 1.807) is 0 Å². The molecule has 0 saturated heterocycles. The minimum absolute atomic E-state index is 0.0505. The second kappa shape index (κ2) is 8.58. The van der Waals surface area contributed by atoms with Gasteiger partial charge in [-0.15, -0.1) is 10.2 Å². The molecule has 0 spiro atoms. The molecule has 1 aliphatic rings. The minimum Gasteiger partial charge on any atom is -0.390 e. The Morgan fingerprint density at radius 3 is 2.74 bits per heavy atom. The molecule has 2 amide bonds. The summed E-state index contributed by atoms with van der Waals surface area (Å²) in [4.78, 5) is 24.3. The molecule has 27 heavy (non-hydrogen) atoms. The summed E-state index contributed by atoms with van der Waals surface area (Å²) in [5, 5.41) is 25.1. The van der Waals surface area contributed by atoms with E-state index < -0.39 is 12.1 Å². The highest BCUT2D eigenvalue weighted by atomic mass is 32.1. The summed E-state index contributed by atoms with van der Waals surface area (Å²) in [6, 6.07) is 7.25. The van der Waals surface area contributed by atoms with Gasteiger partial charge in [-0.1, -0.05) is 49.4 Å². The van der Waals surface area contributed by atoms with Crippen LogP contribution in [0.5, 0.6) is 0 Å². The van der Waals surface area contributed by atoms with Crippen LogP contribution in [0.15, 0.2) is 24.3 Å². The van der Waals surface area contributed by atoms with Gasteiger partial charge in [0, 0.05) is 25.7 Å². The van der Waals surface area contributed by atoms with Crippen molar-refractivity contribution in [3.8, 4) is 0 Å². The van der Waals surface area contributed by atoms with Gasteiger partial charge in [-0.05, 0) is 17.0 Å². The van der Waals surface area contributed by atoms with Crippen LogP contribution in [0.4, 0.5) is 5.13 Å². The van der Waals surface area contributed by atoms with Crippen molar-refractivity contribution in [3.05, 3.63) is 40.4 Å². The van der Waals surface area contributed by atoms with Gasteiger partial charge >= 0.3 is 0 Å². The van der Waals surface area contributed by atoms with Gasteiger partial charge in [0.25, 0.3) is 0 Å². The standard InChI is InChI=1S/C19H24N4O3S/c1-11(2)9-17-22-23-19(27-17)21-16(26)8-7-15(25)20-18-13-6-4-3-5-12(13)10-14(18)24/h3-6,11,14,18,24H,7-10H2,1-2H3,(H,20,25)(H,21,23,26). The molecule has 2 atom stereocenters. The normalized spacial score (nSPS) is 18.4. The van der Waals surface area contributed by atoms with E-state index in [1.165, 1.54) is 11.3 Å². The Kier molecular flexibility index (Phi) is 6.18. The molecule has 3 N–H and O–H groups in total. The highest BCUT2D eigenvalue weighted by Gasteiger charge is 2.31. The molecule has 1 aromatic carbocycles. The van der Waals surface area contributed by atoms with E-state index in [2.05, 4.69) is 34.7 Å². The van der Waals surface area contributed by atoms with Crippen molar-refractivity contribution < 1.29 is 14.7 Å². The van der Waals surface area contributed by atoms with Crippen LogP contribution < -0.4 is 10.6 Å². The van der Waals surface area contributed by atoms with E-state index in [9.17, 15) is 14.7 Å². The van der Waals surface area contributed by atoms with E-state index in [0.29, 0.717) is 17.5 Å². The molecule has 1 heterocycles. The van der Waals surface area contributed by atoms with E-state index in [-0.39, 0.29) is 24.7 Å². The Bertz CT molecular complexity index is 821. The fourth-order valence-electron chi connectivity index (χ4n) is 3.14. The molecular formula is C19H24N4O3S. The Labute approximate surface area is 162 Å². The highest BCUT2D eigenvalue weighted by molar-refractivity contribution is 7.15. The molecule has 0 bridgehead atoms. The summed E-state index contributed by atoms with van der Waals surface area (Å²) in [5.74, 6) is -0.0605. The quantitative estimate of drug-likeness (QED) is 0.675. The maximum absolute atomic E-state index is 12.2. The van der Waals surface area contributed by atoms with Crippen LogP contribution in [0.3, 0.4) is 0 Å². The number of rotatable bonds is 7. The summed E-state index contributed by atoms with van der Waals surface area (Å²) < 4.78 is 0. The molecule has 8 heteroatoms. The number of carbonyl (C=O) groups is 2. The van der Waals surface area contributed by atoms with Gasteiger partial charge in [-0.2, -0.15) is 0 Å². The third kappa shape index (κ3) is 5.11. The number of aromatic nitrogens is 2. The van der Waals surface area contributed by atoms with Gasteiger partial charge in [0.05, 0.1) is 12.1 Å². The van der Waals surface area contributed by atoms with Crippen LogP contribution in [0.25, 0.3) is 0 Å². The van der Waals surface area contributed by atoms with Crippen LogP contribution in [0.1, 0.15) is 48.9 Å². The molecule has 7 nitrogen and oxygen atoms in total. The summed E-state index contributed by atoms with van der Waals surface area (Å²) in [6.45, 7) is 4.19. The number of amides is 2. The predicted octanol–water partition coefficient (Wildman–Crippen LogP) is 2.23. The third-order valence-corrected chi connectivity index (χ3v) is 5.26. The number of hydrogen-bond acceptors (Lipinski definition) is 6. The van der Waals surface area contributed by atoms with Gasteiger partial charge in [0.1, 0.15) is 5.01 Å². The van der Waals surface area contributed by atoms with Crippen molar-refractivity contribution in [2.24, 2.45) is 5.92 Å². The van der Waals surface area contributed by atoms with Gasteiger partial charge in [-0.25, -0.2) is 0 Å². The number of benzene rings is 1. The van der Waals surface area contributed by atoms with Gasteiger partial charge in [-0.3, -0.25) is 9.59 Å². The lowest BCUT2D eigenvalue weighted by Gasteiger charge is -2.17. The molecule has 0 fully saturated rings. The Hall–Kier alpha value is -2.32. The highest BCUT2D eigenvalue weighted by Crippen LogP contribution is 2.31. The molecule has 2 unspecified atom stereocenters. The van der Waals surface area contributed by atoms with Crippen LogP contribution >= 0.6 is 11.3 Å². The average Bonchev–Trinajstić information content (AvgIpc) is 3.17. The van der Waals surface area contributed by atoms with E-state index in [1.807, 2.05) is 24.3 Å². The van der Waals surface area contributed by atoms with Crippen molar-refractivity contribution in [1.29, 1.82) is 0 Å². The summed E-state index contributed by atoms with van der Waals surface area (Å²) in [6.07, 6.45) is 0.809. The van der Waals surface area contributed by atoms with Gasteiger partial charge < -0.3 is 15.7 Å². The van der Waals surface area contributed by atoms with Crippen LogP contribution in [-0.2, 0) is 22.4 Å². The lowest BCUT2D eigenvalue weighted by Crippen LogP contribution is -2.34. The number of nitrogens with zero attached hydrogens (tertiary/aromatic N) is 2. The van der Waals surface area contributed by atoms with Gasteiger partial charge in [0.2, 0.25) is 16.9 Å². The molecule has 1 aromatic heterocycles. The molecule has 144 valence electrons. The third-order valence-electron chi connectivity index (χ3n) is 4.40.